The van der Waals surface area contributed by atoms with Crippen LogP contribution < -0.4 is 4.74 Å². The molecule has 19 heavy (non-hydrogen) atoms. The molecule has 0 spiro atoms. The summed E-state index contributed by atoms with van der Waals surface area (Å²) in [4.78, 5) is 10.6. The fraction of sp³-hybridized carbons (Fsp3) is 0.0625. The van der Waals surface area contributed by atoms with Crippen molar-refractivity contribution in [3.8, 4) is 11.5 Å². The third-order valence-electron chi connectivity index (χ3n) is 2.63. The van der Waals surface area contributed by atoms with Crippen molar-refractivity contribution in [2.24, 2.45) is 0 Å². The average Bonchev–Trinajstić information content (AvgIpc) is 2.40. The van der Waals surface area contributed by atoms with E-state index in [9.17, 15) is 4.79 Å². The minimum atomic E-state index is -0.942. The van der Waals surface area contributed by atoms with Gasteiger partial charge < -0.3 is 9.84 Å². The standard InChI is InChI=1S/C16H14O3/c1-12(11-16(17)18)13-7-9-15(10-8-13)19-14-5-3-2-4-6-14/h2-11H,1H3,(H,17,18)/b12-11+. The van der Waals surface area contributed by atoms with Gasteiger partial charge in [0.1, 0.15) is 11.5 Å². The molecule has 1 N–H and O–H groups in total. The van der Waals surface area contributed by atoms with Crippen LogP contribution in [0.5, 0.6) is 11.5 Å². The number of allylic oxidation sites excluding steroid dienone is 1. The van der Waals surface area contributed by atoms with Crippen molar-refractivity contribution in [3.63, 3.8) is 0 Å². The van der Waals surface area contributed by atoms with Gasteiger partial charge in [-0.2, -0.15) is 0 Å². The van der Waals surface area contributed by atoms with Gasteiger partial charge in [0, 0.05) is 6.08 Å². The highest BCUT2D eigenvalue weighted by atomic mass is 16.5. The van der Waals surface area contributed by atoms with E-state index < -0.39 is 5.97 Å². The van der Waals surface area contributed by atoms with E-state index in [0.717, 1.165) is 17.1 Å². The topological polar surface area (TPSA) is 46.5 Å². The molecule has 0 fully saturated rings. The Balaban J connectivity index is 2.13. The van der Waals surface area contributed by atoms with E-state index in [2.05, 4.69) is 0 Å². The second kappa shape index (κ2) is 5.87. The van der Waals surface area contributed by atoms with Crippen LogP contribution in [0.25, 0.3) is 5.57 Å². The molecule has 0 atom stereocenters. The normalized spacial score (nSPS) is 11.1. The third kappa shape index (κ3) is 3.71. The number of rotatable bonds is 4. The molecular formula is C16H14O3. The number of carbonyl (C=O) groups is 1. The maximum absolute atomic E-state index is 10.6. The molecule has 2 aromatic rings. The number of benzene rings is 2. The first-order valence-corrected chi connectivity index (χ1v) is 5.90. The zero-order valence-corrected chi connectivity index (χ0v) is 10.5. The smallest absolute Gasteiger partial charge is 0.328 e. The first-order chi connectivity index (χ1) is 9.15. The van der Waals surface area contributed by atoms with Gasteiger partial charge >= 0.3 is 5.97 Å². The highest BCUT2D eigenvalue weighted by molar-refractivity contribution is 5.89. The summed E-state index contributed by atoms with van der Waals surface area (Å²) in [6, 6.07) is 16.8. The van der Waals surface area contributed by atoms with E-state index in [1.165, 1.54) is 6.08 Å². The van der Waals surface area contributed by atoms with Crippen LogP contribution in [0.2, 0.25) is 0 Å². The molecule has 0 unspecified atom stereocenters. The van der Waals surface area contributed by atoms with Gasteiger partial charge in [0.2, 0.25) is 0 Å². The zero-order valence-electron chi connectivity index (χ0n) is 10.5. The summed E-state index contributed by atoms with van der Waals surface area (Å²) < 4.78 is 5.66. The number of carboxylic acid groups (broad SMARTS) is 1. The second-order valence-corrected chi connectivity index (χ2v) is 4.11. The molecule has 3 nitrogen and oxygen atoms in total. The Kier molecular flexibility index (Phi) is 3.98. The van der Waals surface area contributed by atoms with E-state index in [0.29, 0.717) is 5.57 Å². The molecule has 96 valence electrons. The van der Waals surface area contributed by atoms with Crippen LogP contribution in [0.15, 0.2) is 60.7 Å². The van der Waals surface area contributed by atoms with Crippen LogP contribution >= 0.6 is 0 Å². The molecular weight excluding hydrogens is 240 g/mol. The Morgan fingerprint density at radius 1 is 1.00 bits per heavy atom. The van der Waals surface area contributed by atoms with E-state index in [-0.39, 0.29) is 0 Å². The summed E-state index contributed by atoms with van der Waals surface area (Å²) >= 11 is 0. The summed E-state index contributed by atoms with van der Waals surface area (Å²) in [5.41, 5.74) is 1.57. The van der Waals surface area contributed by atoms with E-state index in [4.69, 9.17) is 9.84 Å². The van der Waals surface area contributed by atoms with Gasteiger partial charge in [0.25, 0.3) is 0 Å². The van der Waals surface area contributed by atoms with Crippen LogP contribution in [-0.2, 0) is 4.79 Å². The highest BCUT2D eigenvalue weighted by Gasteiger charge is 2.00. The van der Waals surface area contributed by atoms with Crippen molar-refractivity contribution in [1.82, 2.24) is 0 Å². The van der Waals surface area contributed by atoms with Crippen LogP contribution in [0, 0.1) is 0 Å². The zero-order chi connectivity index (χ0) is 13.7. The summed E-state index contributed by atoms with van der Waals surface area (Å²) in [7, 11) is 0. The average molecular weight is 254 g/mol. The predicted octanol–water partition coefficient (Wildman–Crippen LogP) is 3.97. The van der Waals surface area contributed by atoms with Crippen molar-refractivity contribution in [3.05, 3.63) is 66.2 Å². The van der Waals surface area contributed by atoms with Crippen LogP contribution in [0.3, 0.4) is 0 Å². The maximum atomic E-state index is 10.6. The molecule has 2 aromatic carbocycles. The summed E-state index contributed by atoms with van der Waals surface area (Å²) in [6.07, 6.45) is 1.19. The maximum Gasteiger partial charge on any atom is 0.328 e. The lowest BCUT2D eigenvalue weighted by molar-refractivity contribution is -0.131. The third-order valence-corrected chi connectivity index (χ3v) is 2.63. The Morgan fingerprint density at radius 2 is 1.58 bits per heavy atom. The van der Waals surface area contributed by atoms with Crippen molar-refractivity contribution in [2.45, 2.75) is 6.92 Å². The Morgan fingerprint density at radius 3 is 2.16 bits per heavy atom. The molecule has 0 aliphatic carbocycles. The molecule has 0 aromatic heterocycles. The minimum absolute atomic E-state index is 0.707. The molecule has 0 saturated heterocycles. The quantitative estimate of drug-likeness (QED) is 0.840. The van der Waals surface area contributed by atoms with Crippen LogP contribution in [0.1, 0.15) is 12.5 Å². The summed E-state index contributed by atoms with van der Waals surface area (Å²) in [6.45, 7) is 1.77. The first kappa shape index (κ1) is 12.9. The minimum Gasteiger partial charge on any atom is -0.478 e. The number of para-hydroxylation sites is 1. The Hall–Kier alpha value is -2.55. The van der Waals surface area contributed by atoms with Crippen molar-refractivity contribution < 1.29 is 14.6 Å². The number of hydrogen-bond acceptors (Lipinski definition) is 2. The van der Waals surface area contributed by atoms with Gasteiger partial charge in [0.15, 0.2) is 0 Å². The Bertz CT molecular complexity index is 583. The van der Waals surface area contributed by atoms with Crippen LogP contribution in [0.4, 0.5) is 0 Å². The van der Waals surface area contributed by atoms with E-state index in [1.807, 2.05) is 54.6 Å². The van der Waals surface area contributed by atoms with E-state index in [1.54, 1.807) is 6.92 Å². The SMILES string of the molecule is C/C(=C\C(=O)O)c1ccc(Oc2ccccc2)cc1. The van der Waals surface area contributed by atoms with Crippen molar-refractivity contribution >= 4 is 11.5 Å². The van der Waals surface area contributed by atoms with Gasteiger partial charge in [-0.1, -0.05) is 30.3 Å². The molecule has 3 heteroatoms. The molecule has 0 aliphatic rings. The lowest BCUT2D eigenvalue weighted by atomic mass is 10.1. The summed E-state index contributed by atoms with van der Waals surface area (Å²) in [5.74, 6) is 0.549. The molecule has 2 rings (SSSR count). The lowest BCUT2D eigenvalue weighted by Gasteiger charge is -2.06. The number of hydrogen-bond donors (Lipinski definition) is 1. The largest absolute Gasteiger partial charge is 0.478 e. The van der Waals surface area contributed by atoms with Gasteiger partial charge in [-0.25, -0.2) is 4.79 Å². The molecule has 0 bridgehead atoms. The molecule has 0 heterocycles. The van der Waals surface area contributed by atoms with Crippen molar-refractivity contribution in [2.75, 3.05) is 0 Å². The Labute approximate surface area is 111 Å². The molecule has 0 saturated carbocycles. The summed E-state index contributed by atoms with van der Waals surface area (Å²) in [5, 5.41) is 8.69. The fourth-order valence-electron chi connectivity index (χ4n) is 1.68. The van der Waals surface area contributed by atoms with Crippen LogP contribution in [-0.4, -0.2) is 11.1 Å². The van der Waals surface area contributed by atoms with Gasteiger partial charge in [-0.3, -0.25) is 0 Å². The van der Waals surface area contributed by atoms with Gasteiger partial charge in [-0.15, -0.1) is 0 Å². The fourth-order valence-corrected chi connectivity index (χ4v) is 1.68. The molecule has 0 amide bonds. The molecule has 0 radical (unpaired) electrons. The highest BCUT2D eigenvalue weighted by Crippen LogP contribution is 2.23. The number of ether oxygens (including phenoxy) is 1. The monoisotopic (exact) mass is 254 g/mol. The van der Waals surface area contributed by atoms with Crippen molar-refractivity contribution in [1.29, 1.82) is 0 Å². The van der Waals surface area contributed by atoms with E-state index >= 15 is 0 Å². The number of aliphatic carboxylic acids is 1. The lowest BCUT2D eigenvalue weighted by Crippen LogP contribution is -1.90. The molecule has 0 aliphatic heterocycles. The first-order valence-electron chi connectivity index (χ1n) is 5.90. The number of carboxylic acids is 1. The second-order valence-electron chi connectivity index (χ2n) is 4.11. The van der Waals surface area contributed by atoms with Gasteiger partial charge in [-0.05, 0) is 42.3 Å². The van der Waals surface area contributed by atoms with Gasteiger partial charge in [0.05, 0.1) is 0 Å². The predicted molar refractivity (Wildman–Crippen MR) is 74.2 cm³/mol.